The number of amides is 8. The van der Waals surface area contributed by atoms with Gasteiger partial charge in [0.15, 0.2) is 5.96 Å². The van der Waals surface area contributed by atoms with E-state index in [4.69, 9.17) is 34.4 Å². The molecule has 0 aromatic rings. The SMILES string of the molecule is CC(C)C[C@H](NC(=O)[C@H](CCC(N)=O)NC(=O)[C@H](CCCN=C(N)N)NC(=O)[C@H](CCC(N)=O)NC(=O)[C@@H](N)CCC(N)=O)C(=O)N[C@H](C(=O)O)C(C)C. The molecular weight excluding hydrogens is 712 g/mol. The number of nitrogens with two attached hydrogens (primary N) is 6. The number of carboxylic acid groups (broad SMARTS) is 1. The fourth-order valence-electron chi connectivity index (χ4n) is 4.88. The number of nitrogens with zero attached hydrogens (tertiary/aromatic N) is 1. The van der Waals surface area contributed by atoms with Crippen LogP contribution in [0.1, 0.15) is 85.5 Å². The predicted octanol–water partition coefficient (Wildman–Crippen LogP) is -4.63. The monoisotopic (exact) mass is 770 g/mol. The van der Waals surface area contributed by atoms with Crippen LogP contribution in [0.4, 0.5) is 0 Å². The fourth-order valence-corrected chi connectivity index (χ4v) is 4.88. The van der Waals surface area contributed by atoms with Crippen LogP contribution in [0.25, 0.3) is 0 Å². The van der Waals surface area contributed by atoms with Crippen molar-refractivity contribution >= 4 is 59.2 Å². The Morgan fingerprint density at radius 2 is 0.944 bits per heavy atom. The van der Waals surface area contributed by atoms with E-state index in [0.29, 0.717) is 0 Å². The number of carbonyl (C=O) groups excluding carboxylic acids is 8. The van der Waals surface area contributed by atoms with Crippen LogP contribution in [-0.2, 0) is 43.2 Å². The van der Waals surface area contributed by atoms with Gasteiger partial charge in [-0.1, -0.05) is 27.7 Å². The van der Waals surface area contributed by atoms with Gasteiger partial charge >= 0.3 is 5.97 Å². The topological polar surface area (TPSA) is 402 Å². The third kappa shape index (κ3) is 20.5. The molecule has 54 heavy (non-hydrogen) atoms. The van der Waals surface area contributed by atoms with Gasteiger partial charge in [0.05, 0.1) is 6.04 Å². The molecule has 8 amide bonds. The predicted molar refractivity (Wildman–Crippen MR) is 195 cm³/mol. The Hall–Kier alpha value is -5.54. The van der Waals surface area contributed by atoms with Crippen molar-refractivity contribution in [1.82, 2.24) is 26.6 Å². The molecule has 6 atom stereocenters. The van der Waals surface area contributed by atoms with Crippen molar-refractivity contribution in [2.75, 3.05) is 6.54 Å². The van der Waals surface area contributed by atoms with E-state index in [0.717, 1.165) is 0 Å². The molecule has 0 aliphatic heterocycles. The van der Waals surface area contributed by atoms with Gasteiger partial charge in [0.25, 0.3) is 0 Å². The minimum Gasteiger partial charge on any atom is -0.480 e. The molecule has 0 aromatic carbocycles. The summed E-state index contributed by atoms with van der Waals surface area (Å²) in [6.07, 6.45) is -1.69. The van der Waals surface area contributed by atoms with E-state index in [1.807, 2.05) is 0 Å². The van der Waals surface area contributed by atoms with E-state index in [-0.39, 0.29) is 76.2 Å². The molecule has 0 heterocycles. The number of nitrogens with one attached hydrogen (secondary N) is 5. The van der Waals surface area contributed by atoms with Crippen LogP contribution in [-0.4, -0.2) is 107 Å². The van der Waals surface area contributed by atoms with Crippen LogP contribution in [0.5, 0.6) is 0 Å². The zero-order valence-electron chi connectivity index (χ0n) is 31.2. The first-order chi connectivity index (χ1) is 25.0. The maximum absolute atomic E-state index is 13.8. The van der Waals surface area contributed by atoms with Crippen LogP contribution in [0.2, 0.25) is 0 Å². The zero-order valence-corrected chi connectivity index (χ0v) is 31.2. The summed E-state index contributed by atoms with van der Waals surface area (Å²) in [5, 5.41) is 21.8. The standard InChI is InChI=1S/C32H58N12O10/c1-15(2)14-21(30(52)44-25(16(3)4)31(53)54)43-29(51)20(9-12-24(36)47)42-27(49)18(6-5-13-39-32(37)38)41-28(50)19(8-11-23(35)46)40-26(48)17(33)7-10-22(34)45/h15-21,25H,5-14,33H2,1-4H3,(H2,34,45)(H2,35,46)(H2,36,47)(H,40,48)(H,41,50)(H,42,49)(H,43,51)(H,44,52)(H,53,54)(H4,37,38,39)/t17-,18-,19-,20-,21-,25-/m0/s1. The van der Waals surface area contributed by atoms with Gasteiger partial charge < -0.3 is 66.1 Å². The number of primary amides is 3. The van der Waals surface area contributed by atoms with Crippen molar-refractivity contribution in [2.45, 2.75) is 122 Å². The normalized spacial score (nSPS) is 14.3. The molecule has 0 radical (unpaired) electrons. The van der Waals surface area contributed by atoms with Crippen molar-refractivity contribution < 1.29 is 48.3 Å². The van der Waals surface area contributed by atoms with E-state index in [1.54, 1.807) is 27.7 Å². The average Bonchev–Trinajstić information content (AvgIpc) is 3.05. The molecule has 0 rings (SSSR count). The first-order valence-electron chi connectivity index (χ1n) is 17.5. The van der Waals surface area contributed by atoms with Crippen LogP contribution in [0.3, 0.4) is 0 Å². The average molecular weight is 771 g/mol. The second-order valence-electron chi connectivity index (χ2n) is 13.5. The van der Waals surface area contributed by atoms with Gasteiger partial charge in [0, 0.05) is 25.8 Å². The van der Waals surface area contributed by atoms with Crippen LogP contribution < -0.4 is 61.0 Å². The van der Waals surface area contributed by atoms with Crippen LogP contribution in [0, 0.1) is 11.8 Å². The maximum atomic E-state index is 13.8. The fraction of sp³-hybridized carbons (Fsp3) is 0.688. The Balaban J connectivity index is 6.45. The molecule has 0 saturated carbocycles. The number of aliphatic carboxylic acids is 1. The summed E-state index contributed by atoms with van der Waals surface area (Å²) in [6, 6.07) is -8.12. The molecule has 0 unspecified atom stereocenters. The largest absolute Gasteiger partial charge is 0.480 e. The third-order valence-corrected chi connectivity index (χ3v) is 7.81. The summed E-state index contributed by atoms with van der Waals surface area (Å²) in [7, 11) is 0. The Bertz CT molecular complexity index is 1370. The van der Waals surface area contributed by atoms with Crippen molar-refractivity contribution in [3.63, 3.8) is 0 Å². The number of aliphatic imine (C=N–C) groups is 1. The zero-order chi connectivity index (χ0) is 41.7. The first-order valence-corrected chi connectivity index (χ1v) is 17.5. The highest BCUT2D eigenvalue weighted by molar-refractivity contribution is 5.96. The molecule has 0 bridgehead atoms. The van der Waals surface area contributed by atoms with Gasteiger partial charge in [-0.3, -0.25) is 43.3 Å². The lowest BCUT2D eigenvalue weighted by atomic mass is 9.99. The molecule has 22 nitrogen and oxygen atoms in total. The van der Waals surface area contributed by atoms with E-state index >= 15 is 0 Å². The Kier molecular flexibility index (Phi) is 22.1. The highest BCUT2D eigenvalue weighted by atomic mass is 16.4. The Morgan fingerprint density at radius 3 is 1.33 bits per heavy atom. The van der Waals surface area contributed by atoms with E-state index in [9.17, 15) is 48.3 Å². The van der Waals surface area contributed by atoms with Gasteiger partial charge in [0.2, 0.25) is 47.3 Å². The minimum absolute atomic E-state index is 0.0177. The van der Waals surface area contributed by atoms with E-state index in [1.165, 1.54) is 0 Å². The number of carboxylic acids is 1. The van der Waals surface area contributed by atoms with Gasteiger partial charge in [-0.2, -0.15) is 0 Å². The summed E-state index contributed by atoms with van der Waals surface area (Å²) in [4.78, 5) is 117. The summed E-state index contributed by atoms with van der Waals surface area (Å²) in [6.45, 7) is 6.72. The Morgan fingerprint density at radius 1 is 0.556 bits per heavy atom. The maximum Gasteiger partial charge on any atom is 0.326 e. The molecule has 0 aliphatic carbocycles. The summed E-state index contributed by atoms with van der Waals surface area (Å²) in [5.41, 5.74) is 32.3. The number of hydrogen-bond donors (Lipinski definition) is 12. The van der Waals surface area contributed by atoms with Gasteiger partial charge in [-0.05, 0) is 50.4 Å². The van der Waals surface area contributed by atoms with Crippen molar-refractivity contribution in [3.05, 3.63) is 0 Å². The van der Waals surface area contributed by atoms with Crippen molar-refractivity contribution in [1.29, 1.82) is 0 Å². The van der Waals surface area contributed by atoms with E-state index < -0.39 is 95.4 Å². The molecule has 306 valence electrons. The third-order valence-electron chi connectivity index (χ3n) is 7.81. The number of rotatable bonds is 27. The number of carbonyl (C=O) groups is 9. The van der Waals surface area contributed by atoms with Crippen molar-refractivity contribution in [3.8, 4) is 0 Å². The summed E-state index contributed by atoms with van der Waals surface area (Å²) < 4.78 is 0. The van der Waals surface area contributed by atoms with Crippen LogP contribution >= 0.6 is 0 Å². The number of guanidine groups is 1. The molecule has 22 heteroatoms. The van der Waals surface area contributed by atoms with E-state index in [2.05, 4.69) is 31.6 Å². The molecule has 0 saturated heterocycles. The van der Waals surface area contributed by atoms with Crippen LogP contribution in [0.15, 0.2) is 4.99 Å². The highest BCUT2D eigenvalue weighted by Crippen LogP contribution is 2.11. The molecule has 0 fully saturated rings. The molecular formula is C32H58N12O10. The second kappa shape index (κ2) is 24.7. The van der Waals surface area contributed by atoms with Gasteiger partial charge in [-0.25, -0.2) is 4.79 Å². The van der Waals surface area contributed by atoms with Gasteiger partial charge in [-0.15, -0.1) is 0 Å². The van der Waals surface area contributed by atoms with Gasteiger partial charge in [0.1, 0.15) is 30.2 Å². The summed E-state index contributed by atoms with van der Waals surface area (Å²) in [5.74, 6) is -8.96. The second-order valence-corrected chi connectivity index (χ2v) is 13.5. The first kappa shape index (κ1) is 48.5. The highest BCUT2D eigenvalue weighted by Gasteiger charge is 2.34. The minimum atomic E-state index is -1.49. The smallest absolute Gasteiger partial charge is 0.326 e. The Labute approximate surface area is 313 Å². The summed E-state index contributed by atoms with van der Waals surface area (Å²) >= 11 is 0. The number of hydrogen-bond acceptors (Lipinski definition) is 11. The lowest BCUT2D eigenvalue weighted by molar-refractivity contribution is -0.143. The van der Waals surface area contributed by atoms with Crippen molar-refractivity contribution in [2.24, 2.45) is 51.2 Å². The lowest BCUT2D eigenvalue weighted by Gasteiger charge is -2.28. The molecule has 0 aromatic heterocycles. The molecule has 18 N–H and O–H groups in total. The quantitative estimate of drug-likeness (QED) is 0.0213. The lowest BCUT2D eigenvalue weighted by Crippen LogP contribution is -2.59. The molecule has 0 spiro atoms. The molecule has 0 aliphatic rings.